The van der Waals surface area contributed by atoms with E-state index in [1.165, 1.54) is 0 Å². The summed E-state index contributed by atoms with van der Waals surface area (Å²) in [5.41, 5.74) is 0. The first kappa shape index (κ1) is 56.7. The summed E-state index contributed by atoms with van der Waals surface area (Å²) in [6.45, 7) is 0. The van der Waals surface area contributed by atoms with Gasteiger partial charge in [0, 0.05) is 0 Å². The Kier molecular flexibility index (Phi) is 923. The third-order valence-corrected chi connectivity index (χ3v) is 0. The van der Waals surface area contributed by atoms with E-state index in [4.69, 9.17) is 0 Å². The van der Waals surface area contributed by atoms with Gasteiger partial charge < -0.3 is 21.9 Å². The fourth-order valence-electron chi connectivity index (χ4n) is 0. The van der Waals surface area contributed by atoms with Gasteiger partial charge in [-0.3, -0.25) is 0 Å². The third-order valence-electron chi connectivity index (χ3n) is 0. The molecule has 57 valence electrons. The Hall–Kier alpha value is 0.219. The molecule has 7 heavy (non-hydrogen) atoms. The van der Waals surface area contributed by atoms with Crippen molar-refractivity contribution in [2.75, 3.05) is 0 Å². The van der Waals surface area contributed by atoms with Crippen molar-refractivity contribution in [1.82, 2.24) is 0 Å². The van der Waals surface area contributed by atoms with Gasteiger partial charge in [0.25, 0.3) is 0 Å². The van der Waals surface area contributed by atoms with Crippen molar-refractivity contribution in [3.8, 4) is 0 Å². The molecular formula is H8CuF2O4. The van der Waals surface area contributed by atoms with Crippen molar-refractivity contribution in [3.63, 3.8) is 0 Å². The molecule has 0 heterocycles. The molecule has 4 nitrogen and oxygen atoms in total. The van der Waals surface area contributed by atoms with Crippen LogP contribution in [0.3, 0.4) is 0 Å². The van der Waals surface area contributed by atoms with E-state index in [-0.39, 0.29) is 21.9 Å². The van der Waals surface area contributed by atoms with Crippen LogP contribution < -0.4 is 0 Å². The van der Waals surface area contributed by atoms with Crippen LogP contribution in [0.2, 0.25) is 0 Å². The first-order chi connectivity index (χ1) is 1.41. The number of hydrogen-bond acceptors (Lipinski definition) is 0. The van der Waals surface area contributed by atoms with Gasteiger partial charge in [0.2, 0.25) is 0 Å². The summed E-state index contributed by atoms with van der Waals surface area (Å²) in [7, 11) is 0. The zero-order chi connectivity index (χ0) is 2.71. The molecule has 0 saturated heterocycles. The normalized spacial score (nSPS) is 3.14. The second kappa shape index (κ2) is 114. The van der Waals surface area contributed by atoms with E-state index in [2.05, 4.69) is 0 Å². The van der Waals surface area contributed by atoms with Crippen molar-refractivity contribution in [1.29, 1.82) is 0 Å². The molecule has 0 saturated carbocycles. The van der Waals surface area contributed by atoms with Gasteiger partial charge in [0.05, 0.1) is 0 Å². The van der Waals surface area contributed by atoms with Crippen LogP contribution >= 0.6 is 0 Å². The van der Waals surface area contributed by atoms with Crippen LogP contribution in [0.4, 0.5) is 7.10 Å². The number of halogens is 2. The molecule has 0 radical (unpaired) electrons. The Morgan fingerprint density at radius 3 is 0.714 bits per heavy atom. The molecule has 0 bridgehead atoms. The Bertz CT molecular complexity index is 9.65. The van der Waals surface area contributed by atoms with Gasteiger partial charge in [-0.2, -0.15) is 0 Å². The molecule has 0 aromatic carbocycles. The molecule has 0 aromatic rings. The zero-order valence-corrected chi connectivity index (χ0v) is 4.00. The summed E-state index contributed by atoms with van der Waals surface area (Å²) in [4.78, 5) is 0. The second-order valence-electron chi connectivity index (χ2n) is 0.0431. The predicted molar refractivity (Wildman–Crippen MR) is 16.7 cm³/mol. The number of hydrogen-bond donors (Lipinski definition) is 0. The molecule has 0 aromatic heterocycles. The average molecular weight is 174 g/mol. The van der Waals surface area contributed by atoms with Crippen molar-refractivity contribution in [2.24, 2.45) is 0 Å². The molecular weight excluding hydrogens is 166 g/mol. The van der Waals surface area contributed by atoms with Crippen LogP contribution in [0.15, 0.2) is 0 Å². The Balaban J connectivity index is -0.00000000333. The Morgan fingerprint density at radius 2 is 0.714 bits per heavy atom. The van der Waals surface area contributed by atoms with Crippen molar-refractivity contribution < 1.29 is 44.9 Å². The summed E-state index contributed by atoms with van der Waals surface area (Å²) >= 11 is -1.19. The molecule has 0 spiro atoms. The van der Waals surface area contributed by atoms with Crippen molar-refractivity contribution >= 4 is 0 Å². The molecule has 7 heteroatoms. The van der Waals surface area contributed by atoms with E-state index in [0.717, 1.165) is 0 Å². The van der Waals surface area contributed by atoms with Crippen LogP contribution in [-0.2, 0) is 15.9 Å². The number of rotatable bonds is 0. The second-order valence-corrected chi connectivity index (χ2v) is 0.178. The van der Waals surface area contributed by atoms with Crippen LogP contribution in [0, 0.1) is 0 Å². The molecule has 0 aliphatic heterocycles. The summed E-state index contributed by atoms with van der Waals surface area (Å²) in [6.07, 6.45) is 0. The van der Waals surface area contributed by atoms with Crippen molar-refractivity contribution in [2.45, 2.75) is 0 Å². The molecule has 0 amide bonds. The predicted octanol–water partition coefficient (Wildman–Crippen LogP) is -2.46. The topological polar surface area (TPSA) is 126 Å². The minimum absolute atomic E-state index is 0. The van der Waals surface area contributed by atoms with Gasteiger partial charge in [0.1, 0.15) is 0 Å². The van der Waals surface area contributed by atoms with Crippen LogP contribution in [0.25, 0.3) is 0 Å². The first-order valence-electron chi connectivity index (χ1n) is 0.228. The summed E-state index contributed by atoms with van der Waals surface area (Å²) in [6, 6.07) is 0. The van der Waals surface area contributed by atoms with E-state index in [1.807, 2.05) is 0 Å². The summed E-state index contributed by atoms with van der Waals surface area (Å²) in [5.74, 6) is 0. The van der Waals surface area contributed by atoms with Gasteiger partial charge in [-0.05, 0) is 0 Å². The van der Waals surface area contributed by atoms with Crippen LogP contribution in [0.1, 0.15) is 0 Å². The third kappa shape index (κ3) is 2300. The van der Waals surface area contributed by atoms with E-state index in [0.29, 0.717) is 0 Å². The fraction of sp³-hybridized carbons (Fsp3) is 0. The van der Waals surface area contributed by atoms with Gasteiger partial charge in [-0.25, -0.2) is 0 Å². The molecule has 0 unspecified atom stereocenters. The van der Waals surface area contributed by atoms with E-state index >= 15 is 0 Å². The quantitative estimate of drug-likeness (QED) is 0.360. The van der Waals surface area contributed by atoms with Gasteiger partial charge >= 0.3 is 23.0 Å². The van der Waals surface area contributed by atoms with Gasteiger partial charge in [-0.15, -0.1) is 0 Å². The van der Waals surface area contributed by atoms with Gasteiger partial charge in [0.15, 0.2) is 0 Å². The molecule has 0 aliphatic rings. The summed E-state index contributed by atoms with van der Waals surface area (Å²) in [5, 5.41) is 0. The standard InChI is InChI=1S/Cu.2FH.4H2O/h;2*1H;4*1H2/q+2;;;;;;/p-2. The fourth-order valence-corrected chi connectivity index (χ4v) is 0. The molecule has 0 fully saturated rings. The monoisotopic (exact) mass is 173 g/mol. The van der Waals surface area contributed by atoms with E-state index in [9.17, 15) is 7.10 Å². The average Bonchev–Trinajstić information content (AvgIpc) is 0.918. The SMILES string of the molecule is O.O.O.O.[F][Cu][F]. The maximum atomic E-state index is 9.53. The van der Waals surface area contributed by atoms with Crippen LogP contribution in [0.5, 0.6) is 0 Å². The van der Waals surface area contributed by atoms with E-state index < -0.39 is 15.9 Å². The first-order valence-corrected chi connectivity index (χ1v) is 0.940. The summed E-state index contributed by atoms with van der Waals surface area (Å²) < 4.78 is 19.1. The Labute approximate surface area is 45.8 Å². The molecule has 0 aliphatic carbocycles. The van der Waals surface area contributed by atoms with Crippen molar-refractivity contribution in [3.05, 3.63) is 0 Å². The molecule has 0 atom stereocenters. The maximum absolute atomic E-state index is 9.53. The molecule has 0 rings (SSSR count). The van der Waals surface area contributed by atoms with Gasteiger partial charge in [-0.1, -0.05) is 0 Å². The molecule has 8 N–H and O–H groups in total. The van der Waals surface area contributed by atoms with E-state index in [1.54, 1.807) is 0 Å². The Morgan fingerprint density at radius 1 is 0.714 bits per heavy atom. The zero-order valence-electron chi connectivity index (χ0n) is 3.06. The minimum atomic E-state index is -1.19. The van der Waals surface area contributed by atoms with Crippen LogP contribution in [-0.4, -0.2) is 21.9 Å².